The van der Waals surface area contributed by atoms with Gasteiger partial charge in [0.15, 0.2) is 0 Å². The first-order chi connectivity index (χ1) is 23.5. The molecule has 0 bridgehead atoms. The molecular weight excluding hydrogens is 751 g/mol. The van der Waals surface area contributed by atoms with Crippen molar-refractivity contribution in [2.75, 3.05) is 0 Å². The first-order valence-electron chi connectivity index (χ1n) is 14.9. The molecule has 0 heterocycles. The highest BCUT2D eigenvalue weighted by Crippen LogP contribution is 2.47. The van der Waals surface area contributed by atoms with Crippen molar-refractivity contribution in [3.05, 3.63) is 166 Å². The Bertz CT molecular complexity index is 2070. The molecule has 0 nitrogen and oxygen atoms in total. The molecule has 8 aromatic carbocycles. The normalized spacial score (nSPS) is 11.2. The largest absolute Gasteiger partial charge is 0.0836 e. The summed E-state index contributed by atoms with van der Waals surface area (Å²) in [5.41, 5.74) is 0. The van der Waals surface area contributed by atoms with Crippen LogP contribution in [-0.2, 0) is 0 Å². The third-order valence-corrected chi connectivity index (χ3v) is 13.9. The summed E-state index contributed by atoms with van der Waals surface area (Å²) < 4.78 is 0. The van der Waals surface area contributed by atoms with E-state index >= 15 is 0 Å². The van der Waals surface area contributed by atoms with Gasteiger partial charge in [0.2, 0.25) is 0 Å². The molecule has 0 spiro atoms. The minimum atomic E-state index is 0.784. The van der Waals surface area contributed by atoms with Gasteiger partial charge in [-0.25, -0.2) is 0 Å². The van der Waals surface area contributed by atoms with Crippen molar-refractivity contribution >= 4 is 133 Å². The molecule has 0 atom stereocenters. The fourth-order valence-electron chi connectivity index (χ4n) is 5.51. The predicted octanol–water partition coefficient (Wildman–Crippen LogP) is 16.2. The van der Waals surface area contributed by atoms with Crippen LogP contribution >= 0.6 is 89.6 Å². The highest BCUT2D eigenvalue weighted by atomic mass is 35.5. The summed E-state index contributed by atoms with van der Waals surface area (Å²) in [5, 5.41) is 12.2. The van der Waals surface area contributed by atoms with Gasteiger partial charge in [-0.2, -0.15) is 0 Å². The van der Waals surface area contributed by atoms with Crippen molar-refractivity contribution < 1.29 is 0 Å². The van der Waals surface area contributed by atoms with Crippen LogP contribution in [0.25, 0.3) is 43.1 Å². The Balaban J connectivity index is 0.000000152. The van der Waals surface area contributed by atoms with Crippen molar-refractivity contribution in [1.82, 2.24) is 0 Å². The highest BCUT2D eigenvalue weighted by molar-refractivity contribution is 8.77. The van der Waals surface area contributed by atoms with Gasteiger partial charge in [0, 0.05) is 61.2 Å². The van der Waals surface area contributed by atoms with E-state index in [9.17, 15) is 0 Å². The van der Waals surface area contributed by atoms with E-state index in [4.69, 9.17) is 46.4 Å². The van der Waals surface area contributed by atoms with Crippen molar-refractivity contribution in [1.29, 1.82) is 0 Å². The lowest BCUT2D eigenvalue weighted by atomic mass is 10.1. The molecule has 8 aromatic rings. The van der Waals surface area contributed by atoms with Gasteiger partial charge in [0.25, 0.3) is 0 Å². The third-order valence-electron chi connectivity index (χ3n) is 7.70. The smallest absolute Gasteiger partial charge is 0.0495 e. The Morgan fingerprint density at radius 1 is 0.250 bits per heavy atom. The molecule has 0 saturated carbocycles. The van der Waals surface area contributed by atoms with E-state index in [1.54, 1.807) is 43.2 Å². The van der Waals surface area contributed by atoms with Crippen LogP contribution in [0.2, 0.25) is 20.1 Å². The fourth-order valence-corrected chi connectivity index (χ4v) is 11.7. The average Bonchev–Trinajstić information content (AvgIpc) is 3.10. The van der Waals surface area contributed by atoms with Crippen LogP contribution in [0.1, 0.15) is 0 Å². The zero-order valence-corrected chi connectivity index (χ0v) is 31.3. The standard InChI is InChI=1S/2C20H12Cl2S2/c2*21-15-9-1-5-13-7-3-11-17(19(13)15)23-24-18-12-4-8-14-6-2-10-16(22)20(14)18/h2*1-12H. The van der Waals surface area contributed by atoms with E-state index in [2.05, 4.69) is 97.1 Å². The van der Waals surface area contributed by atoms with E-state index in [0.29, 0.717) is 0 Å². The van der Waals surface area contributed by atoms with E-state index in [1.807, 2.05) is 48.5 Å². The molecule has 8 rings (SSSR count). The van der Waals surface area contributed by atoms with Crippen molar-refractivity contribution in [2.24, 2.45) is 0 Å². The van der Waals surface area contributed by atoms with Crippen LogP contribution < -0.4 is 0 Å². The first-order valence-corrected chi connectivity index (χ1v) is 20.7. The fraction of sp³-hybridized carbons (Fsp3) is 0. The van der Waals surface area contributed by atoms with Gasteiger partial charge in [0.1, 0.15) is 0 Å². The molecule has 48 heavy (non-hydrogen) atoms. The number of hydrogen-bond acceptors (Lipinski definition) is 4. The maximum absolute atomic E-state index is 6.42. The van der Waals surface area contributed by atoms with Gasteiger partial charge in [0.05, 0.1) is 0 Å². The lowest BCUT2D eigenvalue weighted by Crippen LogP contribution is -1.80. The summed E-state index contributed by atoms with van der Waals surface area (Å²) in [7, 11) is 6.86. The molecular formula is C40H24Cl4S4. The van der Waals surface area contributed by atoms with Crippen LogP contribution in [0.4, 0.5) is 0 Å². The van der Waals surface area contributed by atoms with Crippen molar-refractivity contribution in [2.45, 2.75) is 19.6 Å². The number of fused-ring (bicyclic) bond motifs is 4. The summed E-state index contributed by atoms with van der Waals surface area (Å²) in [5.74, 6) is 0. The number of halogens is 4. The van der Waals surface area contributed by atoms with Crippen LogP contribution in [-0.4, -0.2) is 0 Å². The van der Waals surface area contributed by atoms with E-state index < -0.39 is 0 Å². The Morgan fingerprint density at radius 2 is 0.438 bits per heavy atom. The molecule has 0 saturated heterocycles. The molecule has 0 unspecified atom stereocenters. The quantitative estimate of drug-likeness (QED) is 0.154. The molecule has 236 valence electrons. The highest BCUT2D eigenvalue weighted by Gasteiger charge is 2.11. The second-order valence-corrected chi connectivity index (χ2v) is 16.8. The zero-order chi connectivity index (χ0) is 33.0. The first kappa shape index (κ1) is 33.8. The second kappa shape index (κ2) is 15.5. The Morgan fingerprint density at radius 3 is 0.646 bits per heavy atom. The molecule has 0 fully saturated rings. The molecule has 0 N–H and O–H groups in total. The van der Waals surface area contributed by atoms with Crippen molar-refractivity contribution in [3.8, 4) is 0 Å². The monoisotopic (exact) mass is 772 g/mol. The number of benzene rings is 8. The summed E-state index contributed by atoms with van der Waals surface area (Å²) in [6.45, 7) is 0. The molecule has 0 aliphatic rings. The Hall–Kier alpha value is -2.64. The van der Waals surface area contributed by atoms with Gasteiger partial charge in [-0.1, -0.05) is 187 Å². The van der Waals surface area contributed by atoms with E-state index in [1.165, 1.54) is 0 Å². The van der Waals surface area contributed by atoms with Gasteiger partial charge in [-0.15, -0.1) is 0 Å². The predicted molar refractivity (Wildman–Crippen MR) is 219 cm³/mol. The van der Waals surface area contributed by atoms with Crippen LogP contribution in [0, 0.1) is 0 Å². The lowest BCUT2D eigenvalue weighted by Gasteiger charge is -2.10. The molecule has 0 aliphatic carbocycles. The van der Waals surface area contributed by atoms with Crippen LogP contribution in [0.15, 0.2) is 165 Å². The third kappa shape index (κ3) is 7.28. The Kier molecular flexibility index (Phi) is 10.9. The summed E-state index contributed by atoms with van der Waals surface area (Å²) in [6.07, 6.45) is 0. The SMILES string of the molecule is Clc1cccc2cccc(SSc3cccc4cccc(Cl)c34)c12.Clc1cccc2cccc(SSc3cccc4cccc(Cl)c34)c12. The van der Waals surface area contributed by atoms with Gasteiger partial charge in [-0.05, 0) is 70.1 Å². The van der Waals surface area contributed by atoms with Gasteiger partial charge < -0.3 is 0 Å². The summed E-state index contributed by atoms with van der Waals surface area (Å²) in [4.78, 5) is 4.64. The molecule has 8 heteroatoms. The Labute approximate surface area is 315 Å². The average molecular weight is 775 g/mol. The van der Waals surface area contributed by atoms with Crippen LogP contribution in [0.5, 0.6) is 0 Å². The minimum Gasteiger partial charge on any atom is -0.0836 e. The lowest BCUT2D eigenvalue weighted by molar-refractivity contribution is 1.55. The topological polar surface area (TPSA) is 0 Å². The summed E-state index contributed by atoms with van der Waals surface area (Å²) >= 11 is 25.7. The number of hydrogen-bond donors (Lipinski definition) is 0. The zero-order valence-electron chi connectivity index (χ0n) is 25.0. The minimum absolute atomic E-state index is 0.784. The molecule has 0 amide bonds. The van der Waals surface area contributed by atoms with E-state index in [0.717, 1.165) is 82.8 Å². The molecule has 0 radical (unpaired) electrons. The second-order valence-electron chi connectivity index (χ2n) is 10.7. The van der Waals surface area contributed by atoms with E-state index in [-0.39, 0.29) is 0 Å². The maximum Gasteiger partial charge on any atom is 0.0495 e. The van der Waals surface area contributed by atoms with Crippen LogP contribution in [0.3, 0.4) is 0 Å². The van der Waals surface area contributed by atoms with Gasteiger partial charge in [-0.3, -0.25) is 0 Å². The molecule has 0 aliphatic heterocycles. The molecule has 0 aromatic heterocycles. The number of rotatable bonds is 6. The maximum atomic E-state index is 6.42. The summed E-state index contributed by atoms with van der Waals surface area (Å²) in [6, 6.07) is 49.1. The van der Waals surface area contributed by atoms with Crippen molar-refractivity contribution in [3.63, 3.8) is 0 Å². The van der Waals surface area contributed by atoms with Gasteiger partial charge >= 0.3 is 0 Å².